The standard InChI is InChI=1S/C16H18N2O/c17-15-7-9-18-11-13(15)5-6-16-14-4-2-1-3-12(14)8-10-19-16/h1-4,7,9,11,16H,5-6,8,10H2,(H2,17,18). The molecule has 19 heavy (non-hydrogen) atoms. The van der Waals surface area contributed by atoms with Crippen LogP contribution in [0.15, 0.2) is 42.7 Å². The fraction of sp³-hybridized carbons (Fsp3) is 0.312. The lowest BCUT2D eigenvalue weighted by atomic mass is 9.94. The molecule has 1 aliphatic heterocycles. The van der Waals surface area contributed by atoms with Gasteiger partial charge in [-0.2, -0.15) is 0 Å². The Labute approximate surface area is 113 Å². The van der Waals surface area contributed by atoms with Crippen molar-refractivity contribution in [1.29, 1.82) is 0 Å². The maximum Gasteiger partial charge on any atom is 0.0830 e. The molecule has 2 aromatic rings. The Morgan fingerprint density at radius 3 is 3.05 bits per heavy atom. The summed E-state index contributed by atoms with van der Waals surface area (Å²) in [5.41, 5.74) is 10.6. The van der Waals surface area contributed by atoms with Crippen LogP contribution >= 0.6 is 0 Å². The molecule has 0 saturated heterocycles. The van der Waals surface area contributed by atoms with E-state index >= 15 is 0 Å². The Morgan fingerprint density at radius 2 is 2.16 bits per heavy atom. The molecule has 0 amide bonds. The van der Waals surface area contributed by atoms with Crippen LogP contribution in [0.4, 0.5) is 5.69 Å². The lowest BCUT2D eigenvalue weighted by Crippen LogP contribution is -2.17. The highest BCUT2D eigenvalue weighted by Crippen LogP contribution is 2.30. The average molecular weight is 254 g/mol. The van der Waals surface area contributed by atoms with Gasteiger partial charge in [0.2, 0.25) is 0 Å². The number of aromatic nitrogens is 1. The molecule has 0 fully saturated rings. The number of rotatable bonds is 3. The number of nitrogens with two attached hydrogens (primary N) is 1. The molecule has 3 heteroatoms. The molecular weight excluding hydrogens is 236 g/mol. The van der Waals surface area contributed by atoms with Crippen molar-refractivity contribution in [3.63, 3.8) is 0 Å². The fourth-order valence-electron chi connectivity index (χ4n) is 2.65. The number of ether oxygens (including phenoxy) is 1. The van der Waals surface area contributed by atoms with Crippen molar-refractivity contribution in [2.75, 3.05) is 12.3 Å². The van der Waals surface area contributed by atoms with Crippen molar-refractivity contribution in [3.8, 4) is 0 Å². The van der Waals surface area contributed by atoms with E-state index in [2.05, 4.69) is 29.2 Å². The summed E-state index contributed by atoms with van der Waals surface area (Å²) >= 11 is 0. The molecular formula is C16H18N2O. The summed E-state index contributed by atoms with van der Waals surface area (Å²) in [6, 6.07) is 10.4. The molecule has 0 radical (unpaired) electrons. The first-order valence-electron chi connectivity index (χ1n) is 6.72. The predicted octanol–water partition coefficient (Wildman–Crippen LogP) is 2.91. The second-order valence-electron chi connectivity index (χ2n) is 4.92. The molecule has 1 unspecified atom stereocenters. The second-order valence-corrected chi connectivity index (χ2v) is 4.92. The van der Waals surface area contributed by atoms with Gasteiger partial charge in [0.25, 0.3) is 0 Å². The number of pyridine rings is 1. The van der Waals surface area contributed by atoms with Gasteiger partial charge in [-0.3, -0.25) is 4.98 Å². The third-order valence-corrected chi connectivity index (χ3v) is 3.71. The molecule has 3 rings (SSSR count). The van der Waals surface area contributed by atoms with E-state index in [1.807, 2.05) is 12.3 Å². The average Bonchev–Trinajstić information content (AvgIpc) is 2.46. The third kappa shape index (κ3) is 2.61. The lowest BCUT2D eigenvalue weighted by Gasteiger charge is -2.26. The van der Waals surface area contributed by atoms with Gasteiger partial charge < -0.3 is 10.5 Å². The maximum atomic E-state index is 5.95. The van der Waals surface area contributed by atoms with Crippen LogP contribution in [0, 0.1) is 0 Å². The zero-order valence-electron chi connectivity index (χ0n) is 10.9. The molecule has 98 valence electrons. The van der Waals surface area contributed by atoms with Crippen LogP contribution in [0.1, 0.15) is 29.2 Å². The Hall–Kier alpha value is -1.87. The third-order valence-electron chi connectivity index (χ3n) is 3.71. The summed E-state index contributed by atoms with van der Waals surface area (Å²) < 4.78 is 5.90. The van der Waals surface area contributed by atoms with E-state index in [-0.39, 0.29) is 6.10 Å². The summed E-state index contributed by atoms with van der Waals surface area (Å²) in [4.78, 5) is 4.13. The van der Waals surface area contributed by atoms with Crippen LogP contribution in [0.25, 0.3) is 0 Å². The van der Waals surface area contributed by atoms with Crippen LogP contribution in [0.3, 0.4) is 0 Å². The minimum atomic E-state index is 0.185. The predicted molar refractivity (Wildman–Crippen MR) is 75.8 cm³/mol. The van der Waals surface area contributed by atoms with E-state index in [9.17, 15) is 0 Å². The highest BCUT2D eigenvalue weighted by Gasteiger charge is 2.20. The molecule has 1 aliphatic rings. The van der Waals surface area contributed by atoms with Gasteiger partial charge in [-0.15, -0.1) is 0 Å². The van der Waals surface area contributed by atoms with Crippen molar-refractivity contribution in [1.82, 2.24) is 4.98 Å². The van der Waals surface area contributed by atoms with Crippen molar-refractivity contribution < 1.29 is 4.74 Å². The molecule has 0 saturated carbocycles. The summed E-state index contributed by atoms with van der Waals surface area (Å²) in [6.45, 7) is 0.810. The van der Waals surface area contributed by atoms with E-state index in [1.54, 1.807) is 6.20 Å². The monoisotopic (exact) mass is 254 g/mol. The Bertz CT molecular complexity index is 568. The normalized spacial score (nSPS) is 18.0. The minimum Gasteiger partial charge on any atom is -0.398 e. The zero-order valence-corrected chi connectivity index (χ0v) is 10.9. The number of fused-ring (bicyclic) bond motifs is 1. The van der Waals surface area contributed by atoms with Gasteiger partial charge in [0.05, 0.1) is 12.7 Å². The molecule has 0 spiro atoms. The first-order chi connectivity index (χ1) is 9.34. The fourth-order valence-corrected chi connectivity index (χ4v) is 2.65. The van der Waals surface area contributed by atoms with Crippen molar-refractivity contribution in [3.05, 3.63) is 59.4 Å². The van der Waals surface area contributed by atoms with Gasteiger partial charge in [-0.1, -0.05) is 24.3 Å². The quantitative estimate of drug-likeness (QED) is 0.916. The van der Waals surface area contributed by atoms with Gasteiger partial charge in [-0.25, -0.2) is 0 Å². The van der Waals surface area contributed by atoms with Crippen LogP contribution in [-0.4, -0.2) is 11.6 Å². The zero-order chi connectivity index (χ0) is 13.1. The van der Waals surface area contributed by atoms with Gasteiger partial charge in [-0.05, 0) is 42.0 Å². The molecule has 1 aromatic carbocycles. The lowest BCUT2D eigenvalue weighted by molar-refractivity contribution is 0.0368. The van der Waals surface area contributed by atoms with Crippen LogP contribution in [0.2, 0.25) is 0 Å². The number of hydrogen-bond acceptors (Lipinski definition) is 3. The first kappa shape index (κ1) is 12.2. The minimum absolute atomic E-state index is 0.185. The number of anilines is 1. The van der Waals surface area contributed by atoms with Crippen molar-refractivity contribution in [2.24, 2.45) is 0 Å². The number of benzene rings is 1. The van der Waals surface area contributed by atoms with E-state index in [0.717, 1.165) is 37.1 Å². The highest BCUT2D eigenvalue weighted by atomic mass is 16.5. The largest absolute Gasteiger partial charge is 0.398 e. The molecule has 3 nitrogen and oxygen atoms in total. The van der Waals surface area contributed by atoms with Gasteiger partial charge in [0.1, 0.15) is 0 Å². The molecule has 0 bridgehead atoms. The molecule has 2 heterocycles. The smallest absolute Gasteiger partial charge is 0.0830 e. The summed E-state index contributed by atoms with van der Waals surface area (Å²) in [7, 11) is 0. The molecule has 2 N–H and O–H groups in total. The van der Waals surface area contributed by atoms with E-state index in [4.69, 9.17) is 10.5 Å². The topological polar surface area (TPSA) is 48.1 Å². The van der Waals surface area contributed by atoms with Crippen LogP contribution < -0.4 is 5.73 Å². The highest BCUT2D eigenvalue weighted by molar-refractivity contribution is 5.44. The number of hydrogen-bond donors (Lipinski definition) is 1. The molecule has 0 aliphatic carbocycles. The van der Waals surface area contributed by atoms with Crippen molar-refractivity contribution in [2.45, 2.75) is 25.4 Å². The second kappa shape index (κ2) is 5.41. The first-order valence-corrected chi connectivity index (χ1v) is 6.72. The Kier molecular flexibility index (Phi) is 3.47. The SMILES string of the molecule is Nc1ccncc1CCC1OCCc2ccccc21. The summed E-state index contributed by atoms with van der Waals surface area (Å²) in [6.07, 6.45) is 6.63. The molecule has 1 aromatic heterocycles. The maximum absolute atomic E-state index is 5.95. The van der Waals surface area contributed by atoms with E-state index in [1.165, 1.54) is 11.1 Å². The van der Waals surface area contributed by atoms with Crippen LogP contribution in [-0.2, 0) is 17.6 Å². The van der Waals surface area contributed by atoms with E-state index in [0.29, 0.717) is 0 Å². The Balaban J connectivity index is 1.73. The number of nitrogens with zero attached hydrogens (tertiary/aromatic N) is 1. The van der Waals surface area contributed by atoms with Gasteiger partial charge >= 0.3 is 0 Å². The Morgan fingerprint density at radius 1 is 1.26 bits per heavy atom. The van der Waals surface area contributed by atoms with Crippen LogP contribution in [0.5, 0.6) is 0 Å². The van der Waals surface area contributed by atoms with Gasteiger partial charge in [0, 0.05) is 18.1 Å². The van der Waals surface area contributed by atoms with Crippen molar-refractivity contribution >= 4 is 5.69 Å². The van der Waals surface area contributed by atoms with E-state index < -0.39 is 0 Å². The van der Waals surface area contributed by atoms with Gasteiger partial charge in [0.15, 0.2) is 0 Å². The number of aryl methyl sites for hydroxylation is 1. The summed E-state index contributed by atoms with van der Waals surface area (Å²) in [5.74, 6) is 0. The summed E-state index contributed by atoms with van der Waals surface area (Å²) in [5, 5.41) is 0. The number of nitrogen functional groups attached to an aromatic ring is 1. The molecule has 1 atom stereocenters.